The average Bonchev–Trinajstić information content (AvgIpc) is 2.11. The molecule has 0 saturated carbocycles. The standard InChI is InChI=1S/C9H12F4N2O/c1-5(6-2-14-3-6)7(16)15-4-9(12,13)8(10)11/h8,14H,2-4H2,1H3,(H,15,16). The number of rotatable bonds is 4. The van der Waals surface area contributed by atoms with E-state index in [2.05, 4.69) is 5.32 Å². The van der Waals surface area contributed by atoms with E-state index in [1.54, 1.807) is 5.32 Å². The van der Waals surface area contributed by atoms with Crippen LogP contribution >= 0.6 is 0 Å². The SMILES string of the molecule is CC(C(=O)NCC(F)(F)C(F)F)=C1CNC1. The number of carbonyl (C=O) groups excluding carboxylic acids is 1. The molecule has 0 aromatic carbocycles. The van der Waals surface area contributed by atoms with Crippen LogP contribution in [0.3, 0.4) is 0 Å². The second-order valence-corrected chi connectivity index (χ2v) is 3.58. The monoisotopic (exact) mass is 240 g/mol. The molecular weight excluding hydrogens is 228 g/mol. The van der Waals surface area contributed by atoms with E-state index in [4.69, 9.17) is 0 Å². The van der Waals surface area contributed by atoms with Crippen LogP contribution in [0.2, 0.25) is 0 Å². The van der Waals surface area contributed by atoms with E-state index in [9.17, 15) is 22.4 Å². The molecule has 16 heavy (non-hydrogen) atoms. The molecule has 1 saturated heterocycles. The van der Waals surface area contributed by atoms with Crippen LogP contribution in [0.25, 0.3) is 0 Å². The van der Waals surface area contributed by atoms with Gasteiger partial charge in [0, 0.05) is 18.7 Å². The van der Waals surface area contributed by atoms with Crippen molar-refractivity contribution in [1.29, 1.82) is 0 Å². The van der Waals surface area contributed by atoms with Gasteiger partial charge < -0.3 is 10.6 Å². The van der Waals surface area contributed by atoms with E-state index in [-0.39, 0.29) is 0 Å². The highest BCUT2D eigenvalue weighted by Crippen LogP contribution is 2.21. The molecule has 1 aliphatic rings. The lowest BCUT2D eigenvalue weighted by Crippen LogP contribution is -2.43. The lowest BCUT2D eigenvalue weighted by Gasteiger charge is -2.22. The molecule has 92 valence electrons. The predicted octanol–water partition coefficient (Wildman–Crippen LogP) is 0.923. The molecule has 0 radical (unpaired) electrons. The van der Waals surface area contributed by atoms with E-state index in [0.29, 0.717) is 18.7 Å². The van der Waals surface area contributed by atoms with Gasteiger partial charge in [-0.1, -0.05) is 0 Å². The minimum atomic E-state index is -4.18. The number of carbonyl (C=O) groups is 1. The van der Waals surface area contributed by atoms with Gasteiger partial charge in [-0.15, -0.1) is 0 Å². The molecule has 1 fully saturated rings. The van der Waals surface area contributed by atoms with E-state index in [1.807, 2.05) is 0 Å². The van der Waals surface area contributed by atoms with Gasteiger partial charge in [0.2, 0.25) is 5.91 Å². The molecule has 1 amide bonds. The first-order valence-corrected chi connectivity index (χ1v) is 4.68. The number of alkyl halides is 4. The van der Waals surface area contributed by atoms with Crippen LogP contribution in [-0.2, 0) is 4.79 Å². The van der Waals surface area contributed by atoms with Crippen molar-refractivity contribution in [2.45, 2.75) is 19.3 Å². The molecule has 2 N–H and O–H groups in total. The summed E-state index contributed by atoms with van der Waals surface area (Å²) in [5.74, 6) is -4.91. The summed E-state index contributed by atoms with van der Waals surface area (Å²) in [6.45, 7) is 1.20. The summed E-state index contributed by atoms with van der Waals surface area (Å²) >= 11 is 0. The molecular formula is C9H12F4N2O. The Hall–Kier alpha value is -1.11. The molecule has 0 aromatic rings. The van der Waals surface area contributed by atoms with Crippen LogP contribution in [-0.4, -0.2) is 37.9 Å². The zero-order chi connectivity index (χ0) is 12.3. The number of nitrogens with one attached hydrogen (secondary N) is 2. The second-order valence-electron chi connectivity index (χ2n) is 3.58. The maximum atomic E-state index is 12.5. The first-order chi connectivity index (χ1) is 7.34. The van der Waals surface area contributed by atoms with Crippen molar-refractivity contribution < 1.29 is 22.4 Å². The molecule has 7 heteroatoms. The third-order valence-electron chi connectivity index (χ3n) is 2.35. The maximum absolute atomic E-state index is 12.5. The molecule has 0 bridgehead atoms. The van der Waals surface area contributed by atoms with Gasteiger partial charge in [0.1, 0.15) is 0 Å². The van der Waals surface area contributed by atoms with Crippen molar-refractivity contribution in [1.82, 2.24) is 10.6 Å². The van der Waals surface area contributed by atoms with Crippen LogP contribution in [0.1, 0.15) is 6.92 Å². The van der Waals surface area contributed by atoms with E-state index >= 15 is 0 Å². The summed E-state index contributed by atoms with van der Waals surface area (Å²) in [5.41, 5.74) is 1.11. The van der Waals surface area contributed by atoms with E-state index in [0.717, 1.165) is 5.57 Å². The summed E-state index contributed by atoms with van der Waals surface area (Å²) in [6, 6.07) is 0. The zero-order valence-electron chi connectivity index (χ0n) is 8.62. The number of hydrogen-bond acceptors (Lipinski definition) is 2. The number of halogens is 4. The quantitative estimate of drug-likeness (QED) is 0.566. The van der Waals surface area contributed by atoms with Crippen LogP contribution in [0.4, 0.5) is 17.6 Å². The minimum absolute atomic E-state index is 0.309. The van der Waals surface area contributed by atoms with Gasteiger partial charge in [0.15, 0.2) is 0 Å². The van der Waals surface area contributed by atoms with Gasteiger partial charge in [0.05, 0.1) is 6.54 Å². The first-order valence-electron chi connectivity index (χ1n) is 4.68. The minimum Gasteiger partial charge on any atom is -0.346 e. The Kier molecular flexibility index (Phi) is 3.90. The predicted molar refractivity (Wildman–Crippen MR) is 49.5 cm³/mol. The summed E-state index contributed by atoms with van der Waals surface area (Å²) < 4.78 is 48.5. The third-order valence-corrected chi connectivity index (χ3v) is 2.35. The van der Waals surface area contributed by atoms with Crippen molar-refractivity contribution in [3.8, 4) is 0 Å². The number of amides is 1. The molecule has 0 aromatic heterocycles. The molecule has 1 heterocycles. The Morgan fingerprint density at radius 1 is 1.50 bits per heavy atom. The van der Waals surface area contributed by atoms with Crippen LogP contribution in [0.15, 0.2) is 11.1 Å². The van der Waals surface area contributed by atoms with Crippen LogP contribution in [0.5, 0.6) is 0 Å². The van der Waals surface area contributed by atoms with Crippen LogP contribution < -0.4 is 10.6 Å². The Labute approximate surface area is 89.9 Å². The lowest BCUT2D eigenvalue weighted by atomic mass is 10.0. The summed E-state index contributed by atoms with van der Waals surface area (Å²) in [7, 11) is 0. The van der Waals surface area contributed by atoms with Gasteiger partial charge in [0.25, 0.3) is 0 Å². The highest BCUT2D eigenvalue weighted by atomic mass is 19.3. The van der Waals surface area contributed by atoms with Crippen molar-refractivity contribution in [2.24, 2.45) is 0 Å². The van der Waals surface area contributed by atoms with Crippen LogP contribution in [0, 0.1) is 0 Å². The molecule has 1 aliphatic heterocycles. The smallest absolute Gasteiger partial charge is 0.324 e. The Morgan fingerprint density at radius 2 is 2.06 bits per heavy atom. The third kappa shape index (κ3) is 2.94. The van der Waals surface area contributed by atoms with Crippen molar-refractivity contribution in [3.63, 3.8) is 0 Å². The van der Waals surface area contributed by atoms with E-state index < -0.39 is 24.8 Å². The first kappa shape index (κ1) is 13.0. The Morgan fingerprint density at radius 3 is 2.44 bits per heavy atom. The van der Waals surface area contributed by atoms with Gasteiger partial charge in [-0.05, 0) is 12.5 Å². The Bertz CT molecular complexity index is 309. The molecule has 3 nitrogen and oxygen atoms in total. The normalized spacial score (nSPS) is 16.0. The van der Waals surface area contributed by atoms with Crippen molar-refractivity contribution in [2.75, 3.05) is 19.6 Å². The molecule has 0 aliphatic carbocycles. The lowest BCUT2D eigenvalue weighted by molar-refractivity contribution is -0.134. The highest BCUT2D eigenvalue weighted by molar-refractivity contribution is 5.94. The fourth-order valence-electron chi connectivity index (χ4n) is 1.08. The van der Waals surface area contributed by atoms with Gasteiger partial charge in [-0.2, -0.15) is 8.78 Å². The van der Waals surface area contributed by atoms with Gasteiger partial charge in [-0.3, -0.25) is 4.79 Å². The largest absolute Gasteiger partial charge is 0.346 e. The summed E-state index contributed by atoms with van der Waals surface area (Å²) in [4.78, 5) is 11.3. The fraction of sp³-hybridized carbons (Fsp3) is 0.667. The molecule has 0 spiro atoms. The Balaban J connectivity index is 2.47. The summed E-state index contributed by atoms with van der Waals surface area (Å²) in [6.07, 6.45) is -3.77. The average molecular weight is 240 g/mol. The summed E-state index contributed by atoms with van der Waals surface area (Å²) in [5, 5.41) is 4.68. The van der Waals surface area contributed by atoms with Crippen molar-refractivity contribution >= 4 is 5.91 Å². The second kappa shape index (κ2) is 4.82. The van der Waals surface area contributed by atoms with Gasteiger partial charge >= 0.3 is 12.3 Å². The highest BCUT2D eigenvalue weighted by Gasteiger charge is 2.40. The molecule has 1 rings (SSSR count). The van der Waals surface area contributed by atoms with E-state index in [1.165, 1.54) is 6.92 Å². The zero-order valence-corrected chi connectivity index (χ0v) is 8.62. The maximum Gasteiger partial charge on any atom is 0.324 e. The molecule has 0 unspecified atom stereocenters. The van der Waals surface area contributed by atoms with Gasteiger partial charge in [-0.25, -0.2) is 8.78 Å². The van der Waals surface area contributed by atoms with Crippen molar-refractivity contribution in [3.05, 3.63) is 11.1 Å². The fourth-order valence-corrected chi connectivity index (χ4v) is 1.08. The topological polar surface area (TPSA) is 41.1 Å². The number of hydrogen-bond donors (Lipinski definition) is 2. The molecule has 0 atom stereocenters.